The smallest absolute Gasteiger partial charge is 0.0777 e. The van der Waals surface area contributed by atoms with E-state index in [4.69, 9.17) is 10.2 Å². The molecule has 0 saturated heterocycles. The first-order chi connectivity index (χ1) is 2.77. The predicted octanol–water partition coefficient (Wildman–Crippen LogP) is 0.439. The van der Waals surface area contributed by atoms with Gasteiger partial charge in [0.1, 0.15) is 0 Å². The minimum atomic E-state index is -0.532. The van der Waals surface area contributed by atoms with Crippen LogP contribution in [-0.2, 0) is 0 Å². The van der Waals surface area contributed by atoms with Gasteiger partial charge in [0.05, 0.1) is 12.4 Å². The van der Waals surface area contributed by atoms with Crippen LogP contribution in [0.5, 0.6) is 0 Å². The van der Waals surface area contributed by atoms with Crippen molar-refractivity contribution < 1.29 is 10.2 Å². The molecule has 0 aromatic rings. The average molecular weight is 88.1 g/mol. The summed E-state index contributed by atoms with van der Waals surface area (Å²) in [6.45, 7) is 1.56. The van der Waals surface area contributed by atoms with Gasteiger partial charge in [0.15, 0.2) is 0 Å². The van der Waals surface area contributed by atoms with E-state index in [1.54, 1.807) is 6.92 Å². The number of aliphatic hydroxyl groups is 2. The van der Waals surface area contributed by atoms with Gasteiger partial charge in [-0.25, -0.2) is 0 Å². The Morgan fingerprint density at radius 1 is 1.67 bits per heavy atom. The lowest BCUT2D eigenvalue weighted by atomic mass is 10.4. The summed E-state index contributed by atoms with van der Waals surface area (Å²) in [5.74, 6) is 0. The molecule has 0 spiro atoms. The highest BCUT2D eigenvalue weighted by atomic mass is 16.3. The van der Waals surface area contributed by atoms with Crippen molar-refractivity contribution in [3.8, 4) is 0 Å². The molecular weight excluding hydrogens is 80.0 g/mol. The molecule has 0 aliphatic heterocycles. The van der Waals surface area contributed by atoms with Crippen molar-refractivity contribution >= 4 is 0 Å². The van der Waals surface area contributed by atoms with E-state index in [1.807, 2.05) is 0 Å². The summed E-state index contributed by atoms with van der Waals surface area (Å²) in [5.41, 5.74) is 0. The second-order valence-electron chi connectivity index (χ2n) is 1.08. The lowest BCUT2D eigenvalue weighted by Crippen LogP contribution is -1.90. The van der Waals surface area contributed by atoms with E-state index in [0.29, 0.717) is 0 Å². The molecule has 0 aliphatic rings. The predicted molar refractivity (Wildman–Crippen MR) is 23.4 cm³/mol. The fourth-order valence-electron chi connectivity index (χ4n) is 0.125. The summed E-state index contributed by atoms with van der Waals surface area (Å²) in [5, 5.41) is 16.2. The van der Waals surface area contributed by atoms with E-state index in [1.165, 1.54) is 6.08 Å². The highest BCUT2D eigenvalue weighted by Crippen LogP contribution is 1.76. The van der Waals surface area contributed by atoms with Gasteiger partial charge in [-0.1, -0.05) is 0 Å². The summed E-state index contributed by atoms with van der Waals surface area (Å²) in [6, 6.07) is 0. The number of hydrogen-bond acceptors (Lipinski definition) is 2. The van der Waals surface area contributed by atoms with Gasteiger partial charge in [0.25, 0.3) is 0 Å². The quantitative estimate of drug-likeness (QED) is 0.456. The molecule has 0 rings (SSSR count). The fraction of sp³-hybridized carbons (Fsp3) is 0.500. The van der Waals surface area contributed by atoms with Crippen LogP contribution in [0.3, 0.4) is 0 Å². The first-order valence-corrected chi connectivity index (χ1v) is 1.76. The number of hydrogen-bond donors (Lipinski definition) is 2. The Morgan fingerprint density at radius 2 is 2.17 bits per heavy atom. The summed E-state index contributed by atoms with van der Waals surface area (Å²) >= 11 is 0. The largest absolute Gasteiger partial charge is 0.516 e. The first kappa shape index (κ1) is 5.50. The normalized spacial score (nSPS) is 15.7. The summed E-state index contributed by atoms with van der Waals surface area (Å²) in [6.07, 6.45) is 1.57. The molecule has 0 aromatic heterocycles. The van der Waals surface area contributed by atoms with Crippen LogP contribution in [0.4, 0.5) is 0 Å². The second-order valence-corrected chi connectivity index (χ2v) is 1.08. The zero-order valence-corrected chi connectivity index (χ0v) is 3.63. The van der Waals surface area contributed by atoms with Crippen LogP contribution in [0.1, 0.15) is 6.92 Å². The van der Waals surface area contributed by atoms with Crippen LogP contribution in [0.2, 0.25) is 0 Å². The summed E-state index contributed by atoms with van der Waals surface area (Å²) in [7, 11) is 0. The molecule has 2 N–H and O–H groups in total. The maximum atomic E-state index is 8.31. The van der Waals surface area contributed by atoms with Crippen LogP contribution in [0.15, 0.2) is 12.3 Å². The van der Waals surface area contributed by atoms with Crippen molar-refractivity contribution in [3.05, 3.63) is 12.3 Å². The van der Waals surface area contributed by atoms with Gasteiger partial charge in [-0.2, -0.15) is 0 Å². The van der Waals surface area contributed by atoms with Crippen LogP contribution in [0.25, 0.3) is 0 Å². The number of rotatable bonds is 1. The summed E-state index contributed by atoms with van der Waals surface area (Å²) in [4.78, 5) is 0. The Hall–Kier alpha value is -0.500. The van der Waals surface area contributed by atoms with Gasteiger partial charge in [0, 0.05) is 0 Å². The van der Waals surface area contributed by atoms with E-state index in [-0.39, 0.29) is 0 Å². The first-order valence-electron chi connectivity index (χ1n) is 1.76. The maximum absolute atomic E-state index is 8.31. The Balaban J connectivity index is 3.03. The van der Waals surface area contributed by atoms with Gasteiger partial charge in [-0.05, 0) is 13.0 Å². The minimum Gasteiger partial charge on any atom is -0.516 e. The van der Waals surface area contributed by atoms with Crippen molar-refractivity contribution in [2.45, 2.75) is 13.0 Å². The van der Waals surface area contributed by atoms with E-state index in [9.17, 15) is 0 Å². The second kappa shape index (κ2) is 2.72. The van der Waals surface area contributed by atoms with E-state index in [2.05, 4.69) is 0 Å². The van der Waals surface area contributed by atoms with Gasteiger partial charge < -0.3 is 10.2 Å². The standard InChI is InChI=1S/C4H8O2/c1-4(6)2-3-5/h2-6H,1H3. The highest BCUT2D eigenvalue weighted by Gasteiger charge is 1.79. The van der Waals surface area contributed by atoms with E-state index >= 15 is 0 Å². The molecule has 0 saturated carbocycles. The molecule has 2 nitrogen and oxygen atoms in total. The Bertz CT molecular complexity index is 47.5. The molecule has 0 heterocycles. The molecule has 0 fully saturated rings. The van der Waals surface area contributed by atoms with Crippen molar-refractivity contribution in [2.24, 2.45) is 0 Å². The maximum Gasteiger partial charge on any atom is 0.0777 e. The monoisotopic (exact) mass is 88.1 g/mol. The molecule has 0 bridgehead atoms. The van der Waals surface area contributed by atoms with Crippen molar-refractivity contribution in [1.82, 2.24) is 0 Å². The molecule has 36 valence electrons. The zero-order valence-electron chi connectivity index (χ0n) is 3.63. The topological polar surface area (TPSA) is 40.5 Å². The van der Waals surface area contributed by atoms with Crippen LogP contribution in [-0.4, -0.2) is 16.3 Å². The van der Waals surface area contributed by atoms with Crippen molar-refractivity contribution in [1.29, 1.82) is 0 Å². The minimum absolute atomic E-state index is 0.532. The Kier molecular flexibility index (Phi) is 2.50. The van der Waals surface area contributed by atoms with E-state index in [0.717, 1.165) is 6.26 Å². The SMILES string of the molecule is CC(O)C=CO. The Labute approximate surface area is 36.7 Å². The molecule has 1 unspecified atom stereocenters. The fourth-order valence-corrected chi connectivity index (χ4v) is 0.125. The van der Waals surface area contributed by atoms with Gasteiger partial charge >= 0.3 is 0 Å². The Morgan fingerprint density at radius 3 is 2.17 bits per heavy atom. The molecule has 6 heavy (non-hydrogen) atoms. The molecule has 0 aliphatic carbocycles. The third-order valence-corrected chi connectivity index (χ3v) is 0.365. The molecule has 0 amide bonds. The molecular formula is C4H8O2. The van der Waals surface area contributed by atoms with Crippen molar-refractivity contribution in [3.63, 3.8) is 0 Å². The van der Waals surface area contributed by atoms with E-state index < -0.39 is 6.10 Å². The number of aliphatic hydroxyl groups excluding tert-OH is 2. The van der Waals surface area contributed by atoms with Gasteiger partial charge in [-0.15, -0.1) is 0 Å². The van der Waals surface area contributed by atoms with Crippen LogP contribution in [0, 0.1) is 0 Å². The highest BCUT2D eigenvalue weighted by molar-refractivity contribution is 4.76. The summed E-state index contributed by atoms with van der Waals surface area (Å²) < 4.78 is 0. The van der Waals surface area contributed by atoms with Crippen LogP contribution >= 0.6 is 0 Å². The molecule has 0 aromatic carbocycles. The van der Waals surface area contributed by atoms with Crippen LogP contribution < -0.4 is 0 Å². The third kappa shape index (κ3) is 3.50. The molecule has 2 heteroatoms. The zero-order chi connectivity index (χ0) is 4.99. The lowest BCUT2D eigenvalue weighted by Gasteiger charge is -1.86. The van der Waals surface area contributed by atoms with Crippen molar-refractivity contribution in [2.75, 3.05) is 0 Å². The average Bonchev–Trinajstić information content (AvgIpc) is 1.35. The van der Waals surface area contributed by atoms with Gasteiger partial charge in [-0.3, -0.25) is 0 Å². The molecule has 1 atom stereocenters. The lowest BCUT2D eigenvalue weighted by molar-refractivity contribution is 0.240. The van der Waals surface area contributed by atoms with Gasteiger partial charge in [0.2, 0.25) is 0 Å². The third-order valence-electron chi connectivity index (χ3n) is 0.365. The molecule has 0 radical (unpaired) electrons.